The van der Waals surface area contributed by atoms with Crippen molar-refractivity contribution in [3.8, 4) is 11.1 Å². The molecule has 4 aromatic rings. The summed E-state index contributed by atoms with van der Waals surface area (Å²) in [4.78, 5) is 24.7. The molecule has 0 fully saturated rings. The zero-order valence-corrected chi connectivity index (χ0v) is 15.3. The minimum absolute atomic E-state index is 0.131. The number of carboxylic acid groups (broad SMARTS) is 1. The number of para-hydroxylation sites is 1. The van der Waals surface area contributed by atoms with Crippen LogP contribution in [0.25, 0.3) is 32.9 Å². The van der Waals surface area contributed by atoms with Gasteiger partial charge >= 0.3 is 5.97 Å². The number of hydrogen-bond acceptors (Lipinski definition) is 2. The molecule has 0 saturated carbocycles. The highest BCUT2D eigenvalue weighted by Gasteiger charge is 2.19. The quantitative estimate of drug-likeness (QED) is 0.518. The molecule has 0 aliphatic heterocycles. The minimum atomic E-state index is -0.985. The topological polar surface area (TPSA) is 59.3 Å². The van der Waals surface area contributed by atoms with Crippen LogP contribution in [0.2, 0.25) is 5.02 Å². The molecule has 0 bridgehead atoms. The molecule has 5 heteroatoms. The Morgan fingerprint density at radius 1 is 1.00 bits per heavy atom. The van der Waals surface area contributed by atoms with Crippen molar-refractivity contribution in [3.05, 3.63) is 81.5 Å². The smallest absolute Gasteiger partial charge is 0.323 e. The van der Waals surface area contributed by atoms with E-state index in [2.05, 4.69) is 0 Å². The Balaban J connectivity index is 2.29. The maximum atomic E-state index is 13.1. The molecule has 0 radical (unpaired) electrons. The van der Waals surface area contributed by atoms with Gasteiger partial charge in [0.25, 0.3) is 0 Å². The van der Waals surface area contributed by atoms with Gasteiger partial charge in [0.1, 0.15) is 6.54 Å². The molecule has 4 nitrogen and oxygen atoms in total. The second-order valence-electron chi connectivity index (χ2n) is 6.46. The van der Waals surface area contributed by atoms with Crippen molar-refractivity contribution >= 4 is 39.4 Å². The molecule has 1 aromatic heterocycles. The average Bonchev–Trinajstić information content (AvgIpc) is 2.65. The molecule has 1 heterocycles. The summed E-state index contributed by atoms with van der Waals surface area (Å²) >= 11 is 6.56. The first kappa shape index (κ1) is 17.3. The third-order valence-electron chi connectivity index (χ3n) is 4.79. The fourth-order valence-corrected chi connectivity index (χ4v) is 3.86. The van der Waals surface area contributed by atoms with Crippen molar-refractivity contribution in [3.63, 3.8) is 0 Å². The Kier molecular flexibility index (Phi) is 4.21. The van der Waals surface area contributed by atoms with Crippen molar-refractivity contribution < 1.29 is 9.90 Å². The van der Waals surface area contributed by atoms with Crippen LogP contribution >= 0.6 is 11.6 Å². The van der Waals surface area contributed by atoms with Crippen LogP contribution in [-0.2, 0) is 11.3 Å². The maximum Gasteiger partial charge on any atom is 0.323 e. The van der Waals surface area contributed by atoms with Gasteiger partial charge in [-0.15, -0.1) is 0 Å². The van der Waals surface area contributed by atoms with Gasteiger partial charge in [-0.2, -0.15) is 0 Å². The summed E-state index contributed by atoms with van der Waals surface area (Å²) in [6, 6.07) is 18.2. The Hall–Kier alpha value is -3.11. The number of benzene rings is 3. The summed E-state index contributed by atoms with van der Waals surface area (Å²) in [5.41, 5.74) is 3.54. The molecule has 134 valence electrons. The van der Waals surface area contributed by atoms with E-state index in [1.165, 1.54) is 0 Å². The van der Waals surface area contributed by atoms with Crippen LogP contribution in [0.4, 0.5) is 0 Å². The number of halogens is 1. The Bertz CT molecular complexity index is 1270. The van der Waals surface area contributed by atoms with Gasteiger partial charge < -0.3 is 9.67 Å². The van der Waals surface area contributed by atoms with Crippen molar-refractivity contribution in [2.45, 2.75) is 13.5 Å². The van der Waals surface area contributed by atoms with Gasteiger partial charge in [0.15, 0.2) is 5.43 Å². The second-order valence-corrected chi connectivity index (χ2v) is 6.87. The number of aliphatic carboxylic acids is 1. The summed E-state index contributed by atoms with van der Waals surface area (Å²) in [6.07, 6.45) is 0. The monoisotopic (exact) mass is 377 g/mol. The average molecular weight is 378 g/mol. The molecule has 4 rings (SSSR count). The van der Waals surface area contributed by atoms with E-state index in [1.54, 1.807) is 41.0 Å². The fraction of sp³-hybridized carbons (Fsp3) is 0.0909. The lowest BCUT2D eigenvalue weighted by molar-refractivity contribution is -0.137. The lowest BCUT2D eigenvalue weighted by Gasteiger charge is -2.18. The fourth-order valence-electron chi connectivity index (χ4n) is 3.61. The molecule has 1 N–H and O–H groups in total. The predicted molar refractivity (Wildman–Crippen MR) is 109 cm³/mol. The zero-order valence-electron chi connectivity index (χ0n) is 14.6. The van der Waals surface area contributed by atoms with Crippen LogP contribution in [0.15, 0.2) is 65.5 Å². The highest BCUT2D eigenvalue weighted by molar-refractivity contribution is 6.35. The van der Waals surface area contributed by atoms with E-state index in [4.69, 9.17) is 11.6 Å². The molecule has 27 heavy (non-hydrogen) atoms. The van der Waals surface area contributed by atoms with Crippen molar-refractivity contribution in [1.29, 1.82) is 0 Å². The molecular formula is C22H16ClNO3. The lowest BCUT2D eigenvalue weighted by Crippen LogP contribution is -2.16. The summed E-state index contributed by atoms with van der Waals surface area (Å²) in [7, 11) is 0. The number of aryl methyl sites for hydroxylation is 1. The van der Waals surface area contributed by atoms with Crippen molar-refractivity contribution in [2.75, 3.05) is 0 Å². The highest BCUT2D eigenvalue weighted by atomic mass is 35.5. The number of aromatic nitrogens is 1. The number of rotatable bonds is 3. The Labute approximate surface area is 160 Å². The minimum Gasteiger partial charge on any atom is -0.480 e. The van der Waals surface area contributed by atoms with E-state index in [0.717, 1.165) is 11.1 Å². The van der Waals surface area contributed by atoms with Gasteiger partial charge in [-0.3, -0.25) is 9.59 Å². The third-order valence-corrected chi connectivity index (χ3v) is 5.10. The normalized spacial score (nSPS) is 11.2. The zero-order chi connectivity index (χ0) is 19.1. The van der Waals surface area contributed by atoms with Crippen LogP contribution in [-0.4, -0.2) is 15.6 Å². The van der Waals surface area contributed by atoms with Crippen molar-refractivity contribution in [2.24, 2.45) is 0 Å². The van der Waals surface area contributed by atoms with Gasteiger partial charge in [0.05, 0.1) is 16.1 Å². The summed E-state index contributed by atoms with van der Waals surface area (Å²) in [5.74, 6) is -0.985. The lowest BCUT2D eigenvalue weighted by atomic mass is 9.96. The maximum absolute atomic E-state index is 13.1. The standard InChI is InChI=1S/C22H16ClNO3/c1-13-6-2-3-7-14(13)20-17(23)11-10-16-21(20)24(12-19(25)26)18-9-5-4-8-15(18)22(16)27/h2-11H,12H2,1H3,(H,25,26). The molecule has 0 spiro atoms. The summed E-state index contributed by atoms with van der Waals surface area (Å²) in [5, 5.41) is 10.9. The number of fused-ring (bicyclic) bond motifs is 2. The first-order valence-electron chi connectivity index (χ1n) is 8.50. The van der Waals surface area contributed by atoms with Crippen LogP contribution < -0.4 is 5.43 Å². The van der Waals surface area contributed by atoms with Crippen LogP contribution in [0, 0.1) is 6.92 Å². The summed E-state index contributed by atoms with van der Waals surface area (Å²) < 4.78 is 1.67. The van der Waals surface area contributed by atoms with Crippen LogP contribution in [0.3, 0.4) is 0 Å². The van der Waals surface area contributed by atoms with E-state index < -0.39 is 5.97 Å². The van der Waals surface area contributed by atoms with Gasteiger partial charge in [-0.25, -0.2) is 0 Å². The molecule has 3 aromatic carbocycles. The van der Waals surface area contributed by atoms with E-state index in [-0.39, 0.29) is 12.0 Å². The van der Waals surface area contributed by atoms with Gasteiger partial charge in [0.2, 0.25) is 0 Å². The van der Waals surface area contributed by atoms with E-state index in [1.807, 2.05) is 31.2 Å². The van der Waals surface area contributed by atoms with E-state index >= 15 is 0 Å². The van der Waals surface area contributed by atoms with E-state index in [9.17, 15) is 14.7 Å². The van der Waals surface area contributed by atoms with Crippen LogP contribution in [0.1, 0.15) is 5.56 Å². The third kappa shape index (κ3) is 2.78. The molecule has 0 atom stereocenters. The van der Waals surface area contributed by atoms with E-state index in [0.29, 0.717) is 32.4 Å². The predicted octanol–water partition coefficient (Wildman–Crippen LogP) is 4.87. The van der Waals surface area contributed by atoms with Gasteiger partial charge in [0, 0.05) is 16.3 Å². The van der Waals surface area contributed by atoms with Gasteiger partial charge in [-0.1, -0.05) is 48.0 Å². The molecule has 0 saturated heterocycles. The van der Waals surface area contributed by atoms with Crippen molar-refractivity contribution in [1.82, 2.24) is 4.57 Å². The number of carbonyl (C=O) groups is 1. The number of carboxylic acids is 1. The number of hydrogen-bond donors (Lipinski definition) is 1. The largest absolute Gasteiger partial charge is 0.480 e. The molecular weight excluding hydrogens is 362 g/mol. The Morgan fingerprint density at radius 3 is 2.44 bits per heavy atom. The number of nitrogens with zero attached hydrogens (tertiary/aromatic N) is 1. The van der Waals surface area contributed by atoms with Crippen LogP contribution in [0.5, 0.6) is 0 Å². The number of pyridine rings is 1. The first-order chi connectivity index (χ1) is 13.0. The molecule has 0 amide bonds. The summed E-state index contributed by atoms with van der Waals surface area (Å²) in [6.45, 7) is 1.70. The second kappa shape index (κ2) is 6.56. The highest BCUT2D eigenvalue weighted by Crippen LogP contribution is 2.37. The molecule has 0 aliphatic rings. The van der Waals surface area contributed by atoms with Gasteiger partial charge in [-0.05, 0) is 42.3 Å². The Morgan fingerprint density at radius 2 is 1.70 bits per heavy atom. The first-order valence-corrected chi connectivity index (χ1v) is 8.88. The molecule has 0 unspecified atom stereocenters. The SMILES string of the molecule is Cc1ccccc1-c1c(Cl)ccc2c(=O)c3ccccc3n(CC(=O)O)c12. The molecule has 0 aliphatic carbocycles.